The molecule has 2 N–H and O–H groups in total. The summed E-state index contributed by atoms with van der Waals surface area (Å²) in [6.45, 7) is 0.487. The predicted octanol–water partition coefficient (Wildman–Crippen LogP) is 2.43. The van der Waals surface area contributed by atoms with Crippen LogP contribution >= 0.6 is 0 Å². The van der Waals surface area contributed by atoms with Gasteiger partial charge in [0.25, 0.3) is 0 Å². The number of piperidine rings is 1. The lowest BCUT2D eigenvalue weighted by Gasteiger charge is -2.34. The van der Waals surface area contributed by atoms with Gasteiger partial charge in [0.05, 0.1) is 5.92 Å². The van der Waals surface area contributed by atoms with Crippen LogP contribution in [0.15, 0.2) is 30.3 Å². The molecule has 3 rings (SSSR count). The van der Waals surface area contributed by atoms with E-state index in [0.717, 1.165) is 12.8 Å². The molecule has 0 bridgehead atoms. The second-order valence-electron chi connectivity index (χ2n) is 6.89. The van der Waals surface area contributed by atoms with Crippen LogP contribution in [0.25, 0.3) is 0 Å². The minimum absolute atomic E-state index is 0.0630. The second-order valence-corrected chi connectivity index (χ2v) is 6.89. The molecule has 1 saturated heterocycles. The summed E-state index contributed by atoms with van der Waals surface area (Å²) in [7, 11) is 0. The summed E-state index contributed by atoms with van der Waals surface area (Å²) in [5.41, 5.74) is 1.35. The summed E-state index contributed by atoms with van der Waals surface area (Å²) in [6.07, 6.45) is 6.88. The number of hydrogen-bond acceptors (Lipinski definition) is 2. The fourth-order valence-electron chi connectivity index (χ4n) is 3.82. The van der Waals surface area contributed by atoms with Gasteiger partial charge in [-0.3, -0.25) is 9.59 Å². The third kappa shape index (κ3) is 4.34. The highest BCUT2D eigenvalue weighted by molar-refractivity contribution is 5.83. The molecule has 3 atom stereocenters. The van der Waals surface area contributed by atoms with Crippen LogP contribution in [0.4, 0.5) is 0 Å². The Bertz CT molecular complexity index is 534. The van der Waals surface area contributed by atoms with Crippen molar-refractivity contribution in [1.82, 2.24) is 10.6 Å². The van der Waals surface area contributed by atoms with Crippen LogP contribution in [0.1, 0.15) is 44.1 Å². The van der Waals surface area contributed by atoms with Crippen molar-refractivity contribution >= 4 is 11.8 Å². The van der Waals surface area contributed by atoms with Gasteiger partial charge >= 0.3 is 0 Å². The third-order valence-electron chi connectivity index (χ3n) is 5.21. The summed E-state index contributed by atoms with van der Waals surface area (Å²) in [6, 6.07) is 10.8. The largest absolute Gasteiger partial charge is 0.355 e. The summed E-state index contributed by atoms with van der Waals surface area (Å²) in [5, 5.41) is 6.09. The minimum Gasteiger partial charge on any atom is -0.355 e. The zero-order valence-corrected chi connectivity index (χ0v) is 13.6. The Balaban J connectivity index is 1.58. The fraction of sp³-hybridized carbons (Fsp3) is 0.579. The van der Waals surface area contributed by atoms with Gasteiger partial charge in [0.15, 0.2) is 0 Å². The lowest BCUT2D eigenvalue weighted by molar-refractivity contribution is -0.129. The molecule has 0 unspecified atom stereocenters. The highest BCUT2D eigenvalue weighted by Gasteiger charge is 2.30. The SMILES string of the molecule is O=C1CC[C@H](C(=O)N[C@@H]2CCCC[C@@H]2Cc2ccccc2)CN1. The maximum Gasteiger partial charge on any atom is 0.225 e. The molecular weight excluding hydrogens is 288 g/mol. The van der Waals surface area contributed by atoms with E-state index in [0.29, 0.717) is 25.3 Å². The standard InChI is InChI=1S/C19H26N2O2/c22-18-11-10-16(13-20-18)19(23)21-17-9-5-4-8-15(17)12-14-6-2-1-3-7-14/h1-3,6-7,15-17H,4-5,8-13H2,(H,20,22)(H,21,23)/t15-,16+,17-/m1/s1. The quantitative estimate of drug-likeness (QED) is 0.897. The van der Waals surface area contributed by atoms with E-state index in [1.54, 1.807) is 0 Å². The first kappa shape index (κ1) is 16.0. The molecule has 2 amide bonds. The van der Waals surface area contributed by atoms with E-state index in [2.05, 4.69) is 34.9 Å². The molecule has 2 fully saturated rings. The molecule has 1 saturated carbocycles. The Morgan fingerprint density at radius 3 is 2.65 bits per heavy atom. The fourth-order valence-corrected chi connectivity index (χ4v) is 3.82. The van der Waals surface area contributed by atoms with Crippen molar-refractivity contribution in [2.75, 3.05) is 6.54 Å². The zero-order valence-electron chi connectivity index (χ0n) is 13.6. The van der Waals surface area contributed by atoms with Crippen LogP contribution in [0.2, 0.25) is 0 Å². The van der Waals surface area contributed by atoms with Gasteiger partial charge in [0.2, 0.25) is 11.8 Å². The highest BCUT2D eigenvalue weighted by Crippen LogP contribution is 2.28. The van der Waals surface area contributed by atoms with Crippen molar-refractivity contribution in [3.8, 4) is 0 Å². The van der Waals surface area contributed by atoms with E-state index >= 15 is 0 Å². The first-order valence-electron chi connectivity index (χ1n) is 8.83. The van der Waals surface area contributed by atoms with Crippen LogP contribution < -0.4 is 10.6 Å². The number of benzene rings is 1. The Kier molecular flexibility index (Phi) is 5.31. The molecule has 0 radical (unpaired) electrons. The van der Waals surface area contributed by atoms with Gasteiger partial charge in [0.1, 0.15) is 0 Å². The Hall–Kier alpha value is -1.84. The average Bonchev–Trinajstić information content (AvgIpc) is 2.58. The van der Waals surface area contributed by atoms with E-state index in [1.807, 2.05) is 6.07 Å². The van der Waals surface area contributed by atoms with Crippen LogP contribution in [0.5, 0.6) is 0 Å². The third-order valence-corrected chi connectivity index (χ3v) is 5.21. The van der Waals surface area contributed by atoms with Crippen molar-refractivity contribution < 1.29 is 9.59 Å². The highest BCUT2D eigenvalue weighted by atomic mass is 16.2. The monoisotopic (exact) mass is 314 g/mol. The molecule has 124 valence electrons. The van der Waals surface area contributed by atoms with Crippen LogP contribution in [0, 0.1) is 11.8 Å². The van der Waals surface area contributed by atoms with E-state index in [9.17, 15) is 9.59 Å². The first-order chi connectivity index (χ1) is 11.2. The van der Waals surface area contributed by atoms with Gasteiger partial charge in [-0.2, -0.15) is 0 Å². The molecule has 1 aliphatic carbocycles. The van der Waals surface area contributed by atoms with E-state index in [4.69, 9.17) is 0 Å². The molecule has 1 aromatic rings. The Morgan fingerprint density at radius 2 is 1.91 bits per heavy atom. The summed E-state index contributed by atoms with van der Waals surface area (Å²) in [4.78, 5) is 23.7. The molecule has 0 spiro atoms. The maximum atomic E-state index is 12.5. The van der Waals surface area contributed by atoms with Crippen molar-refractivity contribution in [3.05, 3.63) is 35.9 Å². The molecular formula is C19H26N2O2. The maximum absolute atomic E-state index is 12.5. The molecule has 23 heavy (non-hydrogen) atoms. The normalized spacial score (nSPS) is 28.0. The van der Waals surface area contributed by atoms with E-state index in [-0.39, 0.29) is 23.8 Å². The van der Waals surface area contributed by atoms with Gasteiger partial charge < -0.3 is 10.6 Å². The predicted molar refractivity (Wildman–Crippen MR) is 89.8 cm³/mol. The molecule has 1 aromatic carbocycles. The molecule has 1 aliphatic heterocycles. The van der Waals surface area contributed by atoms with Gasteiger partial charge in [-0.05, 0) is 37.2 Å². The zero-order chi connectivity index (χ0) is 16.1. The lowest BCUT2D eigenvalue weighted by Crippen LogP contribution is -2.49. The number of nitrogens with one attached hydrogen (secondary N) is 2. The number of rotatable bonds is 4. The Morgan fingerprint density at radius 1 is 1.13 bits per heavy atom. The van der Waals surface area contributed by atoms with Crippen molar-refractivity contribution in [2.45, 2.75) is 51.0 Å². The summed E-state index contributed by atoms with van der Waals surface area (Å²) in [5.74, 6) is 0.643. The molecule has 2 aliphatic rings. The summed E-state index contributed by atoms with van der Waals surface area (Å²) < 4.78 is 0. The second kappa shape index (κ2) is 7.62. The average molecular weight is 314 g/mol. The summed E-state index contributed by atoms with van der Waals surface area (Å²) >= 11 is 0. The van der Waals surface area contributed by atoms with Crippen molar-refractivity contribution in [3.63, 3.8) is 0 Å². The van der Waals surface area contributed by atoms with Gasteiger partial charge in [-0.25, -0.2) is 0 Å². The smallest absolute Gasteiger partial charge is 0.225 e. The van der Waals surface area contributed by atoms with Gasteiger partial charge in [-0.1, -0.05) is 43.2 Å². The molecule has 4 nitrogen and oxygen atoms in total. The number of carbonyl (C=O) groups excluding carboxylic acids is 2. The lowest BCUT2D eigenvalue weighted by atomic mass is 9.80. The van der Waals surface area contributed by atoms with Crippen LogP contribution in [0.3, 0.4) is 0 Å². The van der Waals surface area contributed by atoms with E-state index < -0.39 is 0 Å². The number of amides is 2. The van der Waals surface area contributed by atoms with Gasteiger partial charge in [0, 0.05) is 19.0 Å². The van der Waals surface area contributed by atoms with Gasteiger partial charge in [-0.15, -0.1) is 0 Å². The van der Waals surface area contributed by atoms with Crippen molar-refractivity contribution in [2.24, 2.45) is 11.8 Å². The number of carbonyl (C=O) groups is 2. The number of hydrogen-bond donors (Lipinski definition) is 2. The molecule has 0 aromatic heterocycles. The first-order valence-corrected chi connectivity index (χ1v) is 8.83. The molecule has 1 heterocycles. The van der Waals surface area contributed by atoms with Crippen LogP contribution in [-0.2, 0) is 16.0 Å². The van der Waals surface area contributed by atoms with Crippen LogP contribution in [-0.4, -0.2) is 24.4 Å². The topological polar surface area (TPSA) is 58.2 Å². The molecule has 4 heteroatoms. The minimum atomic E-state index is -0.0630. The Labute approximate surface area is 138 Å². The van der Waals surface area contributed by atoms with Crippen molar-refractivity contribution in [1.29, 1.82) is 0 Å². The van der Waals surface area contributed by atoms with E-state index in [1.165, 1.54) is 24.8 Å².